The topological polar surface area (TPSA) is 65.0 Å². The molecule has 1 N–H and O–H groups in total. The molecule has 0 amide bonds. The molecule has 0 aromatic heterocycles. The number of hydrazone groups is 1. The van der Waals surface area contributed by atoms with Crippen molar-refractivity contribution in [2.24, 2.45) is 5.10 Å². The summed E-state index contributed by atoms with van der Waals surface area (Å²) < 4.78 is 27.0. The number of rotatable bonds is 4. The molecular weight excluding hydrogens is 296 g/mol. The van der Waals surface area contributed by atoms with E-state index in [2.05, 4.69) is 17.1 Å². The summed E-state index contributed by atoms with van der Waals surface area (Å²) in [5, 5.41) is 8.57. The predicted octanol–water partition coefficient (Wildman–Crippen LogP) is 0.879. The zero-order valence-corrected chi connectivity index (χ0v) is 13.4. The third kappa shape index (κ3) is 2.87. The highest BCUT2D eigenvalue weighted by Gasteiger charge is 2.46. The molecule has 2 bridgehead atoms. The largest absolute Gasteiger partial charge is 0.355 e. The van der Waals surface area contributed by atoms with Crippen molar-refractivity contribution in [1.29, 1.82) is 0 Å². The second-order valence-corrected chi connectivity index (χ2v) is 7.82. The van der Waals surface area contributed by atoms with E-state index in [1.807, 2.05) is 5.01 Å². The Kier molecular flexibility index (Phi) is 4.46. The molecule has 2 saturated heterocycles. The Balaban J connectivity index is 2.21. The SMILES string of the molecule is C=NN1CC2CCC(C1)N2S(=O)(=O)/C(C)=C/NC(C)=S. The quantitative estimate of drug-likeness (QED) is 0.616. The smallest absolute Gasteiger partial charge is 0.241 e. The van der Waals surface area contributed by atoms with Crippen molar-refractivity contribution in [2.75, 3.05) is 13.1 Å². The molecule has 0 spiro atoms. The molecule has 2 aliphatic rings. The van der Waals surface area contributed by atoms with E-state index in [0.717, 1.165) is 12.8 Å². The number of nitrogens with zero attached hydrogens (tertiary/aromatic N) is 3. The van der Waals surface area contributed by atoms with Crippen molar-refractivity contribution in [3.8, 4) is 0 Å². The highest BCUT2D eigenvalue weighted by atomic mass is 32.2. The van der Waals surface area contributed by atoms with Gasteiger partial charge in [-0.15, -0.1) is 0 Å². The van der Waals surface area contributed by atoms with Gasteiger partial charge >= 0.3 is 0 Å². The number of nitrogens with one attached hydrogen (secondary N) is 1. The first-order valence-corrected chi connectivity index (χ1v) is 8.40. The maximum Gasteiger partial charge on any atom is 0.241 e. The molecule has 112 valence electrons. The summed E-state index contributed by atoms with van der Waals surface area (Å²) in [5.41, 5.74) is 0. The van der Waals surface area contributed by atoms with Gasteiger partial charge < -0.3 is 5.32 Å². The molecule has 0 saturated carbocycles. The second-order valence-electron chi connectivity index (χ2n) is 5.19. The number of hydrogen-bond acceptors (Lipinski definition) is 5. The van der Waals surface area contributed by atoms with Crippen LogP contribution in [-0.2, 0) is 10.0 Å². The third-order valence-electron chi connectivity index (χ3n) is 3.76. The van der Waals surface area contributed by atoms with Crippen LogP contribution in [0.25, 0.3) is 0 Å². The van der Waals surface area contributed by atoms with Crippen LogP contribution in [0, 0.1) is 0 Å². The van der Waals surface area contributed by atoms with Crippen molar-refractivity contribution in [2.45, 2.75) is 38.8 Å². The summed E-state index contributed by atoms with van der Waals surface area (Å²) in [6, 6.07) is -0.0256. The summed E-state index contributed by atoms with van der Waals surface area (Å²) >= 11 is 4.89. The molecule has 2 heterocycles. The minimum absolute atomic E-state index is 0.0128. The number of sulfonamides is 1. The van der Waals surface area contributed by atoms with E-state index in [9.17, 15) is 8.42 Å². The monoisotopic (exact) mass is 316 g/mol. The highest BCUT2D eigenvalue weighted by Crippen LogP contribution is 2.34. The van der Waals surface area contributed by atoms with Gasteiger partial charge in [-0.3, -0.25) is 5.01 Å². The van der Waals surface area contributed by atoms with Gasteiger partial charge in [-0.05, 0) is 26.7 Å². The van der Waals surface area contributed by atoms with Crippen LogP contribution in [0.15, 0.2) is 16.2 Å². The first kappa shape index (κ1) is 15.4. The maximum absolute atomic E-state index is 12.7. The van der Waals surface area contributed by atoms with Gasteiger partial charge in [0.2, 0.25) is 10.0 Å². The Bertz CT molecular complexity index is 530. The average Bonchev–Trinajstić information content (AvgIpc) is 2.68. The molecule has 0 radical (unpaired) electrons. The Morgan fingerprint density at radius 1 is 1.35 bits per heavy atom. The summed E-state index contributed by atoms with van der Waals surface area (Å²) in [4.78, 5) is 0.835. The lowest BCUT2D eigenvalue weighted by Gasteiger charge is -2.38. The van der Waals surface area contributed by atoms with Gasteiger partial charge in [-0.2, -0.15) is 9.41 Å². The Labute approximate surface area is 125 Å². The molecule has 2 rings (SSSR count). The fourth-order valence-corrected chi connectivity index (χ4v) is 4.52. The normalized spacial score (nSPS) is 27.5. The predicted molar refractivity (Wildman–Crippen MR) is 83.9 cm³/mol. The highest BCUT2D eigenvalue weighted by molar-refractivity contribution is 7.93. The zero-order valence-electron chi connectivity index (χ0n) is 11.7. The van der Waals surface area contributed by atoms with Crippen molar-refractivity contribution in [1.82, 2.24) is 14.6 Å². The minimum atomic E-state index is -3.44. The van der Waals surface area contributed by atoms with Crippen LogP contribution < -0.4 is 5.32 Å². The molecule has 8 heteroatoms. The number of piperazine rings is 1. The van der Waals surface area contributed by atoms with Crippen molar-refractivity contribution < 1.29 is 8.42 Å². The molecular formula is C12H20N4O2S2. The van der Waals surface area contributed by atoms with E-state index in [0.29, 0.717) is 23.0 Å². The Morgan fingerprint density at radius 3 is 2.35 bits per heavy atom. The van der Waals surface area contributed by atoms with Crippen LogP contribution in [0.5, 0.6) is 0 Å². The Hall–Kier alpha value is -0.990. The van der Waals surface area contributed by atoms with Gasteiger partial charge in [0.25, 0.3) is 0 Å². The van der Waals surface area contributed by atoms with Crippen LogP contribution in [-0.4, -0.2) is 54.6 Å². The number of allylic oxidation sites excluding steroid dienone is 1. The number of fused-ring (bicyclic) bond motifs is 2. The number of hydrogen-bond donors (Lipinski definition) is 1. The van der Waals surface area contributed by atoms with E-state index in [1.54, 1.807) is 18.2 Å². The summed E-state index contributed by atoms with van der Waals surface area (Å²) in [6.07, 6.45) is 3.22. The van der Waals surface area contributed by atoms with Crippen LogP contribution in [0.4, 0.5) is 0 Å². The second kappa shape index (κ2) is 5.79. The van der Waals surface area contributed by atoms with Gasteiger partial charge in [0.1, 0.15) is 0 Å². The first-order valence-electron chi connectivity index (χ1n) is 6.55. The van der Waals surface area contributed by atoms with E-state index < -0.39 is 10.0 Å². The lowest BCUT2D eigenvalue weighted by Crippen LogP contribution is -2.54. The molecule has 0 aromatic rings. The summed E-state index contributed by atoms with van der Waals surface area (Å²) in [5.74, 6) is 0. The average molecular weight is 316 g/mol. The lowest BCUT2D eigenvalue weighted by molar-refractivity contribution is 0.135. The molecule has 2 unspecified atom stereocenters. The maximum atomic E-state index is 12.7. The Morgan fingerprint density at radius 2 is 1.90 bits per heavy atom. The van der Waals surface area contributed by atoms with E-state index in [4.69, 9.17) is 12.2 Å². The van der Waals surface area contributed by atoms with Crippen molar-refractivity contribution in [3.05, 3.63) is 11.1 Å². The van der Waals surface area contributed by atoms with Gasteiger partial charge in [0.15, 0.2) is 0 Å². The molecule has 20 heavy (non-hydrogen) atoms. The van der Waals surface area contributed by atoms with Crippen molar-refractivity contribution in [3.63, 3.8) is 0 Å². The van der Waals surface area contributed by atoms with Crippen LogP contribution >= 0.6 is 12.2 Å². The van der Waals surface area contributed by atoms with Gasteiger partial charge in [0.05, 0.1) is 23.0 Å². The van der Waals surface area contributed by atoms with E-state index in [-0.39, 0.29) is 12.1 Å². The molecule has 0 aliphatic carbocycles. The van der Waals surface area contributed by atoms with Gasteiger partial charge in [-0.1, -0.05) is 12.2 Å². The molecule has 6 nitrogen and oxygen atoms in total. The van der Waals surface area contributed by atoms with E-state index >= 15 is 0 Å². The lowest BCUT2D eigenvalue weighted by atomic mass is 10.2. The standard InChI is InChI=1S/C12H20N4O2S2/c1-9(6-14-10(2)19)20(17,18)16-11-4-5-12(16)8-15(7-11)13-3/h6,11-12H,3-5,7-8H2,1-2H3,(H,14,19)/b9-6+. The number of thiocarbonyl (C=S) groups is 1. The fourth-order valence-electron chi connectivity index (χ4n) is 2.79. The first-order chi connectivity index (χ1) is 9.36. The third-order valence-corrected chi connectivity index (χ3v) is 5.96. The van der Waals surface area contributed by atoms with Crippen LogP contribution in [0.2, 0.25) is 0 Å². The van der Waals surface area contributed by atoms with Crippen molar-refractivity contribution >= 4 is 33.9 Å². The van der Waals surface area contributed by atoms with Gasteiger partial charge in [0, 0.05) is 25.0 Å². The minimum Gasteiger partial charge on any atom is -0.355 e. The molecule has 2 aliphatic heterocycles. The summed E-state index contributed by atoms with van der Waals surface area (Å²) in [6.45, 7) is 8.07. The van der Waals surface area contributed by atoms with E-state index in [1.165, 1.54) is 6.20 Å². The van der Waals surface area contributed by atoms with Crippen LogP contribution in [0.3, 0.4) is 0 Å². The van der Waals surface area contributed by atoms with Crippen LogP contribution in [0.1, 0.15) is 26.7 Å². The zero-order chi connectivity index (χ0) is 14.9. The molecule has 0 aromatic carbocycles. The fraction of sp³-hybridized carbons (Fsp3) is 0.667. The van der Waals surface area contributed by atoms with Gasteiger partial charge in [-0.25, -0.2) is 8.42 Å². The molecule has 2 atom stereocenters. The molecule has 2 fully saturated rings. The summed E-state index contributed by atoms with van der Waals surface area (Å²) in [7, 11) is -3.44.